The summed E-state index contributed by atoms with van der Waals surface area (Å²) >= 11 is 0. The lowest BCUT2D eigenvalue weighted by atomic mass is 9.90. The van der Waals surface area contributed by atoms with Crippen LogP contribution >= 0.6 is 0 Å². The normalized spacial score (nSPS) is 24.3. The van der Waals surface area contributed by atoms with Crippen molar-refractivity contribution in [1.29, 1.82) is 0 Å². The van der Waals surface area contributed by atoms with Gasteiger partial charge in [-0.1, -0.05) is 0 Å². The molecule has 2 aromatic rings. The summed E-state index contributed by atoms with van der Waals surface area (Å²) in [4.78, 5) is 17.2. The molecule has 2 N–H and O–H groups in total. The van der Waals surface area contributed by atoms with Gasteiger partial charge in [0.1, 0.15) is 0 Å². The third kappa shape index (κ3) is 3.18. The van der Waals surface area contributed by atoms with E-state index in [1.54, 1.807) is 0 Å². The molecule has 7 nitrogen and oxygen atoms in total. The fourth-order valence-corrected chi connectivity index (χ4v) is 4.57. The first kappa shape index (κ1) is 19.5. The molecule has 3 heterocycles. The zero-order chi connectivity index (χ0) is 21.1. The lowest BCUT2D eigenvalue weighted by Gasteiger charge is -2.36. The van der Waals surface area contributed by atoms with Gasteiger partial charge < -0.3 is 15.2 Å². The van der Waals surface area contributed by atoms with Gasteiger partial charge in [0, 0.05) is 30.9 Å². The van der Waals surface area contributed by atoms with Crippen molar-refractivity contribution >= 4 is 5.91 Å². The molecule has 2 aliphatic carbocycles. The van der Waals surface area contributed by atoms with Crippen LogP contribution in [0.25, 0.3) is 5.82 Å². The summed E-state index contributed by atoms with van der Waals surface area (Å²) in [5, 5.41) is 17.2. The number of ether oxygens (including phenoxy) is 1. The number of amides is 1. The highest BCUT2D eigenvalue weighted by atomic mass is 19.4. The summed E-state index contributed by atoms with van der Waals surface area (Å²) in [5.74, 6) is 0.224. The van der Waals surface area contributed by atoms with Crippen LogP contribution in [0.5, 0.6) is 0 Å². The van der Waals surface area contributed by atoms with Crippen molar-refractivity contribution in [3.63, 3.8) is 0 Å². The van der Waals surface area contributed by atoms with E-state index in [1.807, 2.05) is 0 Å². The largest absolute Gasteiger partial charge is 0.416 e. The summed E-state index contributed by atoms with van der Waals surface area (Å²) in [6.45, 7) is 0.656. The molecule has 160 valence electrons. The van der Waals surface area contributed by atoms with Gasteiger partial charge in [-0.3, -0.25) is 4.79 Å². The number of aliphatic hydroxyl groups excluding tert-OH is 1. The molecule has 2 fully saturated rings. The molecule has 0 radical (unpaired) electrons. The highest BCUT2D eigenvalue weighted by Gasteiger charge is 2.50. The average Bonchev–Trinajstić information content (AvgIpc) is 3.23. The number of hydrogen-bond donors (Lipinski definition) is 2. The summed E-state index contributed by atoms with van der Waals surface area (Å²) in [5.41, 5.74) is 0.169. The molecule has 1 saturated heterocycles. The lowest BCUT2D eigenvalue weighted by Crippen LogP contribution is -2.54. The molecule has 2 atom stereocenters. The number of alkyl halides is 3. The number of halogens is 3. The zero-order valence-corrected chi connectivity index (χ0v) is 16.1. The van der Waals surface area contributed by atoms with Gasteiger partial charge in [-0.05, 0) is 43.7 Å². The van der Waals surface area contributed by atoms with Gasteiger partial charge >= 0.3 is 6.18 Å². The number of hydrogen-bond acceptors (Lipinski definition) is 5. The number of nitrogens with one attached hydrogen (secondary N) is 1. The van der Waals surface area contributed by atoms with Crippen LogP contribution in [-0.4, -0.2) is 51.1 Å². The molecule has 0 bridgehead atoms. The minimum Gasteiger partial charge on any atom is -0.394 e. The van der Waals surface area contributed by atoms with Gasteiger partial charge in [-0.15, -0.1) is 0 Å². The zero-order valence-electron chi connectivity index (χ0n) is 16.1. The SMILES string of the molecule is O=C(NC1(CO)CCOCC1)c1nn(-c2cc(C(F)(F)F)ccn2)c2c1C[C@H]1C[C@@H]21. The molecule has 2 aromatic heterocycles. The van der Waals surface area contributed by atoms with E-state index in [0.717, 1.165) is 36.0 Å². The molecule has 1 saturated carbocycles. The number of aromatic nitrogens is 3. The second kappa shape index (κ2) is 6.78. The fourth-order valence-electron chi connectivity index (χ4n) is 4.57. The molecule has 5 rings (SSSR count). The Morgan fingerprint density at radius 1 is 1.37 bits per heavy atom. The summed E-state index contributed by atoms with van der Waals surface area (Å²) in [6.07, 6.45) is -0.800. The molecule has 1 aliphatic heterocycles. The van der Waals surface area contributed by atoms with Crippen LogP contribution < -0.4 is 5.32 Å². The van der Waals surface area contributed by atoms with Gasteiger partial charge in [0.25, 0.3) is 5.91 Å². The Labute approximate surface area is 170 Å². The van der Waals surface area contributed by atoms with Crippen molar-refractivity contribution in [3.8, 4) is 5.82 Å². The number of rotatable bonds is 4. The Morgan fingerprint density at radius 3 is 2.83 bits per heavy atom. The number of carbonyl (C=O) groups excluding carboxylic acids is 1. The second-order valence-corrected chi connectivity index (χ2v) is 8.34. The van der Waals surface area contributed by atoms with Crippen LogP contribution in [-0.2, 0) is 17.3 Å². The van der Waals surface area contributed by atoms with Crippen LogP contribution in [0.15, 0.2) is 18.3 Å². The van der Waals surface area contributed by atoms with Gasteiger partial charge in [-0.25, -0.2) is 9.67 Å². The average molecular weight is 422 g/mol. The van der Waals surface area contributed by atoms with E-state index < -0.39 is 23.2 Å². The molecule has 0 spiro atoms. The highest BCUT2D eigenvalue weighted by Crippen LogP contribution is 2.57. The van der Waals surface area contributed by atoms with Crippen LogP contribution in [0.2, 0.25) is 0 Å². The topological polar surface area (TPSA) is 89.3 Å². The monoisotopic (exact) mass is 422 g/mol. The minimum absolute atomic E-state index is 0.0515. The van der Waals surface area contributed by atoms with Crippen LogP contribution in [0.3, 0.4) is 0 Å². The first-order valence-electron chi connectivity index (χ1n) is 9.98. The van der Waals surface area contributed by atoms with E-state index in [9.17, 15) is 23.1 Å². The highest BCUT2D eigenvalue weighted by molar-refractivity contribution is 5.95. The summed E-state index contributed by atoms with van der Waals surface area (Å²) < 4.78 is 46.2. The number of aliphatic hydroxyl groups is 1. The van der Waals surface area contributed by atoms with Crippen molar-refractivity contribution in [3.05, 3.63) is 40.8 Å². The molecule has 10 heteroatoms. The van der Waals surface area contributed by atoms with E-state index in [1.165, 1.54) is 4.68 Å². The predicted molar refractivity (Wildman–Crippen MR) is 98.2 cm³/mol. The Balaban J connectivity index is 1.52. The van der Waals surface area contributed by atoms with E-state index >= 15 is 0 Å². The fraction of sp³-hybridized carbons (Fsp3) is 0.550. The van der Waals surface area contributed by atoms with Gasteiger partial charge in [0.05, 0.1) is 23.4 Å². The van der Waals surface area contributed by atoms with Gasteiger partial charge in [-0.2, -0.15) is 18.3 Å². The first-order chi connectivity index (χ1) is 14.3. The van der Waals surface area contributed by atoms with Gasteiger partial charge in [0.15, 0.2) is 11.5 Å². The van der Waals surface area contributed by atoms with Crippen LogP contribution in [0, 0.1) is 5.92 Å². The standard InChI is InChI=1S/C20H21F3N4O3/c21-20(22,23)12-1-4-24-15(9-12)27-17-13-7-11(13)8-14(17)16(26-27)18(29)25-19(10-28)2-5-30-6-3-19/h1,4,9,11,13,28H,2-3,5-8,10H2,(H,25,29)/t11-,13-/m1/s1. The minimum atomic E-state index is -4.49. The smallest absolute Gasteiger partial charge is 0.394 e. The molecule has 0 unspecified atom stereocenters. The van der Waals surface area contributed by atoms with E-state index in [4.69, 9.17) is 4.74 Å². The quantitative estimate of drug-likeness (QED) is 0.789. The third-order valence-corrected chi connectivity index (χ3v) is 6.40. The maximum atomic E-state index is 13.2. The molecule has 3 aliphatic rings. The second-order valence-electron chi connectivity index (χ2n) is 8.34. The first-order valence-corrected chi connectivity index (χ1v) is 9.98. The maximum absolute atomic E-state index is 13.2. The van der Waals surface area contributed by atoms with Crippen LogP contribution in [0.4, 0.5) is 13.2 Å². The Hall–Kier alpha value is -2.46. The predicted octanol–water partition coefficient (Wildman–Crippen LogP) is 2.22. The van der Waals surface area contributed by atoms with E-state index in [2.05, 4.69) is 15.4 Å². The van der Waals surface area contributed by atoms with Crippen molar-refractivity contribution in [2.75, 3.05) is 19.8 Å². The molecule has 1 amide bonds. The number of nitrogens with zero attached hydrogens (tertiary/aromatic N) is 3. The molecule has 30 heavy (non-hydrogen) atoms. The lowest BCUT2D eigenvalue weighted by molar-refractivity contribution is -0.137. The Kier molecular flexibility index (Phi) is 4.41. The van der Waals surface area contributed by atoms with E-state index in [0.29, 0.717) is 38.4 Å². The van der Waals surface area contributed by atoms with Crippen LogP contribution in [0.1, 0.15) is 52.5 Å². The van der Waals surface area contributed by atoms with E-state index in [-0.39, 0.29) is 24.0 Å². The summed E-state index contributed by atoms with van der Waals surface area (Å²) in [6, 6.07) is 1.87. The number of carbonyl (C=O) groups is 1. The number of fused-ring (bicyclic) bond motifs is 3. The van der Waals surface area contributed by atoms with Crippen molar-refractivity contribution in [1.82, 2.24) is 20.1 Å². The molecular weight excluding hydrogens is 401 g/mol. The van der Waals surface area contributed by atoms with Crippen molar-refractivity contribution in [2.45, 2.75) is 43.3 Å². The Bertz CT molecular complexity index is 998. The van der Waals surface area contributed by atoms with Crippen molar-refractivity contribution < 1.29 is 27.8 Å². The number of pyridine rings is 1. The molecular formula is C20H21F3N4O3. The maximum Gasteiger partial charge on any atom is 0.416 e. The summed E-state index contributed by atoms with van der Waals surface area (Å²) in [7, 11) is 0. The van der Waals surface area contributed by atoms with Crippen molar-refractivity contribution in [2.24, 2.45) is 5.92 Å². The Morgan fingerprint density at radius 2 is 2.13 bits per heavy atom. The third-order valence-electron chi connectivity index (χ3n) is 6.40. The van der Waals surface area contributed by atoms with Gasteiger partial charge in [0.2, 0.25) is 0 Å². The molecule has 0 aromatic carbocycles.